The van der Waals surface area contributed by atoms with Crippen molar-refractivity contribution in [2.45, 2.75) is 0 Å². The molecule has 0 radical (unpaired) electrons. The number of anilines is 1. The van der Waals surface area contributed by atoms with E-state index in [1.165, 1.54) is 37.4 Å². The van der Waals surface area contributed by atoms with E-state index in [1.54, 1.807) is 6.07 Å². The molecule has 4 heteroatoms. The maximum absolute atomic E-state index is 14.0. The summed E-state index contributed by atoms with van der Waals surface area (Å²) in [5.41, 5.74) is 6.65. The fourth-order valence-corrected chi connectivity index (χ4v) is 1.63. The molecule has 0 bridgehead atoms. The van der Waals surface area contributed by atoms with Crippen LogP contribution in [-0.4, -0.2) is 7.11 Å². The van der Waals surface area contributed by atoms with Crippen molar-refractivity contribution in [3.63, 3.8) is 0 Å². The van der Waals surface area contributed by atoms with Gasteiger partial charge in [0.25, 0.3) is 0 Å². The molecule has 0 amide bonds. The number of methoxy groups -OCH3 is 1. The number of benzene rings is 2. The van der Waals surface area contributed by atoms with Gasteiger partial charge in [0.15, 0.2) is 11.6 Å². The zero-order valence-electron chi connectivity index (χ0n) is 9.21. The molecule has 0 heterocycles. The van der Waals surface area contributed by atoms with E-state index in [2.05, 4.69) is 0 Å². The standard InChI is InChI=1S/C13H11F2NO/c1-17-12-7-10(16)6-11(13(12)15)8-3-2-4-9(14)5-8/h2-7H,16H2,1H3. The second-order valence-corrected chi connectivity index (χ2v) is 3.60. The number of ether oxygens (including phenoxy) is 1. The van der Waals surface area contributed by atoms with Crippen molar-refractivity contribution in [1.82, 2.24) is 0 Å². The molecule has 0 atom stereocenters. The largest absolute Gasteiger partial charge is 0.494 e. The lowest BCUT2D eigenvalue weighted by Crippen LogP contribution is -1.95. The van der Waals surface area contributed by atoms with E-state index >= 15 is 0 Å². The summed E-state index contributed by atoms with van der Waals surface area (Å²) in [7, 11) is 1.35. The van der Waals surface area contributed by atoms with Gasteiger partial charge in [0, 0.05) is 17.3 Å². The summed E-state index contributed by atoms with van der Waals surface area (Å²) < 4.78 is 31.9. The second-order valence-electron chi connectivity index (χ2n) is 3.60. The number of nitrogen functional groups attached to an aromatic ring is 1. The third-order valence-electron chi connectivity index (χ3n) is 2.42. The first-order valence-electron chi connectivity index (χ1n) is 5.01. The Hall–Kier alpha value is -2.10. The van der Waals surface area contributed by atoms with Crippen LogP contribution in [0.4, 0.5) is 14.5 Å². The average Bonchev–Trinajstić information content (AvgIpc) is 2.31. The van der Waals surface area contributed by atoms with Crippen LogP contribution in [-0.2, 0) is 0 Å². The van der Waals surface area contributed by atoms with Crippen LogP contribution < -0.4 is 10.5 Å². The van der Waals surface area contributed by atoms with Gasteiger partial charge in [-0.15, -0.1) is 0 Å². The predicted octanol–water partition coefficient (Wildman–Crippen LogP) is 3.22. The van der Waals surface area contributed by atoms with Crippen molar-refractivity contribution in [3.8, 4) is 16.9 Å². The molecule has 0 unspecified atom stereocenters. The van der Waals surface area contributed by atoms with E-state index in [0.717, 1.165) is 0 Å². The average molecular weight is 235 g/mol. The maximum atomic E-state index is 14.0. The van der Waals surface area contributed by atoms with Gasteiger partial charge in [-0.25, -0.2) is 8.78 Å². The molecule has 17 heavy (non-hydrogen) atoms. The van der Waals surface area contributed by atoms with Gasteiger partial charge in [-0.1, -0.05) is 12.1 Å². The van der Waals surface area contributed by atoms with Gasteiger partial charge >= 0.3 is 0 Å². The highest BCUT2D eigenvalue weighted by atomic mass is 19.1. The van der Waals surface area contributed by atoms with Gasteiger partial charge in [0.05, 0.1) is 7.11 Å². The Kier molecular flexibility index (Phi) is 2.95. The number of rotatable bonds is 2. The molecule has 0 aliphatic rings. The topological polar surface area (TPSA) is 35.2 Å². The number of hydrogen-bond donors (Lipinski definition) is 1. The lowest BCUT2D eigenvalue weighted by Gasteiger charge is -2.09. The van der Waals surface area contributed by atoms with E-state index in [4.69, 9.17) is 10.5 Å². The number of nitrogens with two attached hydrogens (primary N) is 1. The first-order chi connectivity index (χ1) is 8.11. The summed E-state index contributed by atoms with van der Waals surface area (Å²) in [6.45, 7) is 0. The Morgan fingerprint density at radius 3 is 2.53 bits per heavy atom. The molecule has 0 aliphatic carbocycles. The van der Waals surface area contributed by atoms with Crippen LogP contribution in [0, 0.1) is 11.6 Å². The highest BCUT2D eigenvalue weighted by molar-refractivity contribution is 5.70. The molecule has 2 rings (SSSR count). The second kappa shape index (κ2) is 4.41. The fraction of sp³-hybridized carbons (Fsp3) is 0.0769. The van der Waals surface area contributed by atoms with Crippen molar-refractivity contribution >= 4 is 5.69 Å². The minimum absolute atomic E-state index is 0.0456. The van der Waals surface area contributed by atoms with Crippen LogP contribution in [0.5, 0.6) is 5.75 Å². The smallest absolute Gasteiger partial charge is 0.173 e. The van der Waals surface area contributed by atoms with Crippen molar-refractivity contribution in [3.05, 3.63) is 48.0 Å². The minimum atomic E-state index is -0.549. The molecule has 0 fully saturated rings. The summed E-state index contributed by atoms with van der Waals surface area (Å²) in [4.78, 5) is 0. The highest BCUT2D eigenvalue weighted by Crippen LogP contribution is 2.32. The van der Waals surface area contributed by atoms with Crippen LogP contribution in [0.2, 0.25) is 0 Å². The zero-order valence-corrected chi connectivity index (χ0v) is 9.21. The molecular weight excluding hydrogens is 224 g/mol. The molecular formula is C13H11F2NO. The third kappa shape index (κ3) is 2.20. The van der Waals surface area contributed by atoms with Crippen LogP contribution in [0.3, 0.4) is 0 Å². The third-order valence-corrected chi connectivity index (χ3v) is 2.42. The first kappa shape index (κ1) is 11.4. The molecule has 0 spiro atoms. The zero-order chi connectivity index (χ0) is 12.4. The molecule has 0 saturated carbocycles. The van der Waals surface area contributed by atoms with Gasteiger partial charge in [-0.05, 0) is 23.8 Å². The summed E-state index contributed by atoms with van der Waals surface area (Å²) in [6, 6.07) is 8.51. The van der Waals surface area contributed by atoms with E-state index in [9.17, 15) is 8.78 Å². The summed E-state index contributed by atoms with van der Waals surface area (Å²) in [6.07, 6.45) is 0. The lowest BCUT2D eigenvalue weighted by atomic mass is 10.0. The first-order valence-corrected chi connectivity index (χ1v) is 5.01. The fourth-order valence-electron chi connectivity index (χ4n) is 1.63. The van der Waals surface area contributed by atoms with Gasteiger partial charge in [0.1, 0.15) is 5.82 Å². The maximum Gasteiger partial charge on any atom is 0.173 e. The lowest BCUT2D eigenvalue weighted by molar-refractivity contribution is 0.387. The SMILES string of the molecule is COc1cc(N)cc(-c2cccc(F)c2)c1F. The number of hydrogen-bond acceptors (Lipinski definition) is 2. The van der Waals surface area contributed by atoms with Crippen LogP contribution in [0.1, 0.15) is 0 Å². The Balaban J connectivity index is 2.63. The Morgan fingerprint density at radius 1 is 1.12 bits per heavy atom. The van der Waals surface area contributed by atoms with Crippen molar-refractivity contribution in [2.24, 2.45) is 0 Å². The molecule has 2 aromatic rings. The van der Waals surface area contributed by atoms with Crippen molar-refractivity contribution in [1.29, 1.82) is 0 Å². The van der Waals surface area contributed by atoms with Gasteiger partial charge in [-0.3, -0.25) is 0 Å². The molecule has 2 nitrogen and oxygen atoms in total. The van der Waals surface area contributed by atoms with E-state index in [0.29, 0.717) is 11.3 Å². The molecule has 0 aliphatic heterocycles. The summed E-state index contributed by atoms with van der Waals surface area (Å²) in [5.74, 6) is -0.931. The molecule has 2 N–H and O–H groups in total. The highest BCUT2D eigenvalue weighted by Gasteiger charge is 2.12. The normalized spacial score (nSPS) is 10.3. The van der Waals surface area contributed by atoms with Crippen LogP contribution in [0.25, 0.3) is 11.1 Å². The predicted molar refractivity (Wildman–Crippen MR) is 62.8 cm³/mol. The Morgan fingerprint density at radius 2 is 1.88 bits per heavy atom. The Labute approximate surface area is 97.6 Å². The monoisotopic (exact) mass is 235 g/mol. The Bertz CT molecular complexity index is 555. The van der Waals surface area contributed by atoms with Crippen molar-refractivity contribution < 1.29 is 13.5 Å². The molecule has 88 valence electrons. The van der Waals surface area contributed by atoms with Crippen LogP contribution >= 0.6 is 0 Å². The minimum Gasteiger partial charge on any atom is -0.494 e. The quantitative estimate of drug-likeness (QED) is 0.811. The van der Waals surface area contributed by atoms with E-state index in [-0.39, 0.29) is 11.3 Å². The van der Waals surface area contributed by atoms with Gasteiger partial charge in [0.2, 0.25) is 0 Å². The molecule has 0 aromatic heterocycles. The van der Waals surface area contributed by atoms with Crippen molar-refractivity contribution in [2.75, 3.05) is 12.8 Å². The van der Waals surface area contributed by atoms with E-state index in [1.807, 2.05) is 0 Å². The molecule has 2 aromatic carbocycles. The summed E-state index contributed by atoms with van der Waals surface area (Å²) in [5, 5.41) is 0. The number of halogens is 2. The molecule has 0 saturated heterocycles. The van der Waals surface area contributed by atoms with Gasteiger partial charge in [-0.2, -0.15) is 0 Å². The van der Waals surface area contributed by atoms with E-state index < -0.39 is 11.6 Å². The summed E-state index contributed by atoms with van der Waals surface area (Å²) >= 11 is 0. The van der Waals surface area contributed by atoms with Gasteiger partial charge < -0.3 is 10.5 Å². The van der Waals surface area contributed by atoms with Crippen LogP contribution in [0.15, 0.2) is 36.4 Å².